The van der Waals surface area contributed by atoms with Crippen molar-refractivity contribution in [1.82, 2.24) is 0 Å². The predicted molar refractivity (Wildman–Crippen MR) is 166 cm³/mol. The molecule has 3 heteroatoms. The van der Waals surface area contributed by atoms with Crippen molar-refractivity contribution in [2.45, 2.75) is 24.8 Å². The maximum atomic E-state index is 4.25. The van der Waals surface area contributed by atoms with E-state index < -0.39 is 0 Å². The van der Waals surface area contributed by atoms with Crippen LogP contribution in [0.4, 0.5) is 34.1 Å². The van der Waals surface area contributed by atoms with Crippen molar-refractivity contribution in [3.63, 3.8) is 0 Å². The third kappa shape index (κ3) is 4.26. The van der Waals surface area contributed by atoms with Gasteiger partial charge >= 0.3 is 0 Å². The number of anilines is 6. The van der Waals surface area contributed by atoms with Crippen LogP contribution in [0.15, 0.2) is 140 Å². The van der Waals surface area contributed by atoms with Gasteiger partial charge < -0.3 is 15.1 Å². The second-order valence-corrected chi connectivity index (χ2v) is 10.4. The molecule has 190 valence electrons. The number of nitrogens with one attached hydrogen (secondary N) is 1. The fraction of sp³-hybridized carbons (Fsp3) is 0.111. The van der Waals surface area contributed by atoms with Gasteiger partial charge in [-0.2, -0.15) is 0 Å². The number of rotatable bonds is 4. The van der Waals surface area contributed by atoms with Gasteiger partial charge in [-0.3, -0.25) is 0 Å². The van der Waals surface area contributed by atoms with Crippen molar-refractivity contribution in [2.75, 3.05) is 15.1 Å². The van der Waals surface area contributed by atoms with E-state index in [-0.39, 0.29) is 0 Å². The molecule has 7 rings (SSSR count). The topological polar surface area (TPSA) is 18.5 Å². The third-order valence-electron chi connectivity index (χ3n) is 8.01. The maximum Gasteiger partial charge on any atom is 0.0533 e. The quantitative estimate of drug-likeness (QED) is 0.279. The van der Waals surface area contributed by atoms with Crippen LogP contribution in [0, 0.1) is 0 Å². The van der Waals surface area contributed by atoms with Crippen LogP contribution in [-0.4, -0.2) is 6.04 Å². The molecule has 2 heterocycles. The highest BCUT2D eigenvalue weighted by atomic mass is 15.2. The zero-order valence-corrected chi connectivity index (χ0v) is 21.9. The molecule has 39 heavy (non-hydrogen) atoms. The van der Waals surface area contributed by atoms with Gasteiger partial charge in [-0.1, -0.05) is 67.3 Å². The van der Waals surface area contributed by atoms with E-state index >= 15 is 0 Å². The van der Waals surface area contributed by atoms with Gasteiger partial charge in [0, 0.05) is 52.2 Å². The van der Waals surface area contributed by atoms with Crippen LogP contribution in [0.1, 0.15) is 29.9 Å². The molecule has 0 fully saturated rings. The number of benzene rings is 4. The Labute approximate surface area is 230 Å². The Morgan fingerprint density at radius 3 is 2.21 bits per heavy atom. The number of fused-ring (bicyclic) bond motifs is 4. The van der Waals surface area contributed by atoms with E-state index in [9.17, 15) is 0 Å². The van der Waals surface area contributed by atoms with Gasteiger partial charge in [0.05, 0.1) is 5.69 Å². The lowest BCUT2D eigenvalue weighted by molar-refractivity contribution is 0.565. The first kappa shape index (κ1) is 23.4. The Bertz CT molecular complexity index is 1610. The van der Waals surface area contributed by atoms with E-state index in [1.54, 1.807) is 0 Å². The van der Waals surface area contributed by atoms with Crippen molar-refractivity contribution in [2.24, 2.45) is 0 Å². The van der Waals surface area contributed by atoms with Gasteiger partial charge in [0.25, 0.3) is 0 Å². The van der Waals surface area contributed by atoms with Crippen molar-refractivity contribution >= 4 is 39.7 Å². The minimum atomic E-state index is 0.482. The zero-order chi connectivity index (χ0) is 26.2. The van der Waals surface area contributed by atoms with Gasteiger partial charge in [-0.15, -0.1) is 0 Å². The Morgan fingerprint density at radius 1 is 0.718 bits per heavy atom. The van der Waals surface area contributed by atoms with Crippen LogP contribution in [0.3, 0.4) is 0 Å². The van der Waals surface area contributed by atoms with Crippen molar-refractivity contribution in [3.05, 3.63) is 151 Å². The molecular formula is C36H31N3. The maximum absolute atomic E-state index is 4.25. The summed E-state index contributed by atoms with van der Waals surface area (Å²) >= 11 is 0. The predicted octanol–water partition coefficient (Wildman–Crippen LogP) is 9.62. The second-order valence-electron chi connectivity index (χ2n) is 10.4. The molecule has 3 aliphatic rings. The molecule has 0 spiro atoms. The lowest BCUT2D eigenvalue weighted by Gasteiger charge is -2.31. The smallest absolute Gasteiger partial charge is 0.0533 e. The Balaban J connectivity index is 1.11. The van der Waals surface area contributed by atoms with Gasteiger partial charge in [-0.05, 0) is 90.7 Å². The summed E-state index contributed by atoms with van der Waals surface area (Å²) in [7, 11) is 0. The number of para-hydroxylation sites is 2. The first-order valence-corrected chi connectivity index (χ1v) is 13.7. The number of hydrogen-bond donors (Lipinski definition) is 1. The highest BCUT2D eigenvalue weighted by Gasteiger charge is 2.38. The fourth-order valence-electron chi connectivity index (χ4n) is 6.15. The molecule has 0 radical (unpaired) electrons. The molecule has 1 N–H and O–H groups in total. The lowest BCUT2D eigenvalue weighted by atomic mass is 9.88. The SMILES string of the molecule is C=C1/C=C\C=C/N(c2ccc(Nc3ccc(N4c5ccccc5C5C=CCCC54)cc3)cc2)c2ccccc21. The van der Waals surface area contributed by atoms with Gasteiger partial charge in [0.15, 0.2) is 0 Å². The molecule has 2 aliphatic heterocycles. The second kappa shape index (κ2) is 9.85. The molecule has 0 amide bonds. The monoisotopic (exact) mass is 505 g/mol. The summed E-state index contributed by atoms with van der Waals surface area (Å²) in [6, 6.07) is 35.2. The summed E-state index contributed by atoms with van der Waals surface area (Å²) in [5, 5.41) is 3.58. The molecule has 0 saturated heterocycles. The number of nitrogens with zero attached hydrogens (tertiary/aromatic N) is 2. The molecular weight excluding hydrogens is 474 g/mol. The lowest BCUT2D eigenvalue weighted by Crippen LogP contribution is -2.30. The summed E-state index contributed by atoms with van der Waals surface area (Å²) in [6.45, 7) is 4.25. The van der Waals surface area contributed by atoms with Crippen LogP contribution >= 0.6 is 0 Å². The van der Waals surface area contributed by atoms with E-state index in [2.05, 4.69) is 149 Å². The van der Waals surface area contributed by atoms with Crippen molar-refractivity contribution in [3.8, 4) is 0 Å². The van der Waals surface area contributed by atoms with E-state index in [1.807, 2.05) is 6.08 Å². The summed E-state index contributed by atoms with van der Waals surface area (Å²) in [4.78, 5) is 4.75. The Hall–Kier alpha value is -4.76. The third-order valence-corrected chi connectivity index (χ3v) is 8.01. The minimum absolute atomic E-state index is 0.482. The Morgan fingerprint density at radius 2 is 1.41 bits per heavy atom. The highest BCUT2D eigenvalue weighted by molar-refractivity contribution is 5.86. The van der Waals surface area contributed by atoms with Crippen LogP contribution < -0.4 is 15.1 Å². The van der Waals surface area contributed by atoms with Crippen molar-refractivity contribution < 1.29 is 0 Å². The molecule has 1 aliphatic carbocycles. The molecule has 2 atom stereocenters. The fourth-order valence-corrected chi connectivity index (χ4v) is 6.15. The van der Waals surface area contributed by atoms with E-state index in [1.165, 1.54) is 23.4 Å². The van der Waals surface area contributed by atoms with Gasteiger partial charge in [0.1, 0.15) is 0 Å². The largest absolute Gasteiger partial charge is 0.356 e. The van der Waals surface area contributed by atoms with Crippen LogP contribution in [0.5, 0.6) is 0 Å². The van der Waals surface area contributed by atoms with Gasteiger partial charge in [-0.25, -0.2) is 0 Å². The van der Waals surface area contributed by atoms with Crippen LogP contribution in [-0.2, 0) is 0 Å². The Kier molecular flexibility index (Phi) is 5.90. The molecule has 0 bridgehead atoms. The molecule has 3 nitrogen and oxygen atoms in total. The first-order valence-electron chi connectivity index (χ1n) is 13.7. The minimum Gasteiger partial charge on any atom is -0.356 e. The van der Waals surface area contributed by atoms with E-state index in [4.69, 9.17) is 0 Å². The average Bonchev–Trinajstić information content (AvgIpc) is 3.32. The number of hydrogen-bond acceptors (Lipinski definition) is 3. The molecule has 2 unspecified atom stereocenters. The van der Waals surface area contributed by atoms with Crippen LogP contribution in [0.2, 0.25) is 0 Å². The average molecular weight is 506 g/mol. The molecule has 0 aromatic heterocycles. The van der Waals surface area contributed by atoms with Crippen molar-refractivity contribution in [1.29, 1.82) is 0 Å². The van der Waals surface area contributed by atoms with E-state index in [0.29, 0.717) is 12.0 Å². The summed E-state index contributed by atoms with van der Waals surface area (Å²) < 4.78 is 0. The van der Waals surface area contributed by atoms with E-state index in [0.717, 1.165) is 40.3 Å². The first-order chi connectivity index (χ1) is 19.3. The molecule has 0 saturated carbocycles. The zero-order valence-electron chi connectivity index (χ0n) is 21.9. The summed E-state index contributed by atoms with van der Waals surface area (Å²) in [5.41, 5.74) is 10.6. The standard InChI is InChI=1S/C36H31N3/c1-26-10-8-9-25-38(34-14-5-2-11-31(26)34)29-21-17-27(18-22-29)37-28-19-23-30(24-20-28)39-35-15-6-3-12-32(35)33-13-4-7-16-36(33)39/h2-6,8-15,17-25,33,36-37H,1,7,16H2/b10-8-,25-9-. The highest BCUT2D eigenvalue weighted by Crippen LogP contribution is 2.49. The summed E-state index contributed by atoms with van der Waals surface area (Å²) in [5.74, 6) is 0.482. The molecule has 4 aromatic rings. The van der Waals surface area contributed by atoms with Crippen LogP contribution in [0.25, 0.3) is 5.57 Å². The number of allylic oxidation sites excluding steroid dienone is 5. The van der Waals surface area contributed by atoms with Gasteiger partial charge in [0.2, 0.25) is 0 Å². The summed E-state index contributed by atoms with van der Waals surface area (Å²) in [6.07, 6.45) is 15.3. The normalized spacial score (nSPS) is 20.9. The molecule has 4 aromatic carbocycles.